The molecule has 2 atom stereocenters. The van der Waals surface area contributed by atoms with Gasteiger partial charge in [0.15, 0.2) is 0 Å². The van der Waals surface area contributed by atoms with Gasteiger partial charge in [-0.05, 0) is 49.1 Å². The van der Waals surface area contributed by atoms with Gasteiger partial charge in [0.05, 0.1) is 23.9 Å². The summed E-state index contributed by atoms with van der Waals surface area (Å²) in [7, 11) is 0. The van der Waals surface area contributed by atoms with Gasteiger partial charge in [0.1, 0.15) is 0 Å². The van der Waals surface area contributed by atoms with Crippen LogP contribution in [0.4, 0.5) is 0 Å². The van der Waals surface area contributed by atoms with E-state index in [4.69, 9.17) is 0 Å². The number of halogens is 1. The molecule has 0 amide bonds. The molecule has 5 aromatic rings. The summed E-state index contributed by atoms with van der Waals surface area (Å²) in [4.78, 5) is 0. The highest BCUT2D eigenvalue weighted by Crippen LogP contribution is 2.42. The van der Waals surface area contributed by atoms with E-state index in [9.17, 15) is 5.11 Å². The Bertz CT molecular complexity index is 1450. The Labute approximate surface area is 226 Å². The van der Waals surface area contributed by atoms with Crippen LogP contribution in [0.5, 0.6) is 0 Å². The van der Waals surface area contributed by atoms with Crippen LogP contribution in [-0.4, -0.2) is 22.3 Å². The van der Waals surface area contributed by atoms with Gasteiger partial charge in [0.2, 0.25) is 0 Å². The van der Waals surface area contributed by atoms with Gasteiger partial charge in [-0.3, -0.25) is 0 Å². The van der Waals surface area contributed by atoms with E-state index in [-0.39, 0.29) is 18.4 Å². The monoisotopic (exact) mass is 510 g/mol. The van der Waals surface area contributed by atoms with E-state index in [1.165, 1.54) is 38.7 Å². The Morgan fingerprint density at radius 1 is 0.784 bits per heavy atom. The first-order valence-corrected chi connectivity index (χ1v) is 12.7. The third-order valence-electron chi connectivity index (χ3n) is 6.95. The fourth-order valence-corrected chi connectivity index (χ4v) is 5.31. The number of nitrogens with zero attached hydrogens (tertiary/aromatic N) is 1. The van der Waals surface area contributed by atoms with Crippen LogP contribution in [0, 0.1) is 13.8 Å². The summed E-state index contributed by atoms with van der Waals surface area (Å²) in [6.45, 7) is 7.49. The highest BCUT2D eigenvalue weighted by atomic mass is 35.5. The van der Waals surface area contributed by atoms with Crippen molar-refractivity contribution in [3.05, 3.63) is 120 Å². The number of aliphatic hydroxyl groups excluding tert-OH is 1. The van der Waals surface area contributed by atoms with Crippen molar-refractivity contribution < 1.29 is 5.11 Å². The number of nitrogens with one attached hydrogen (secondary N) is 1. The molecule has 3 nitrogen and oxygen atoms in total. The van der Waals surface area contributed by atoms with Gasteiger partial charge in [-0.25, -0.2) is 0 Å². The molecule has 2 N–H and O–H groups in total. The molecule has 1 heterocycles. The molecule has 0 saturated carbocycles. The number of benzene rings is 4. The van der Waals surface area contributed by atoms with Crippen molar-refractivity contribution in [2.75, 3.05) is 6.54 Å². The van der Waals surface area contributed by atoms with Gasteiger partial charge in [-0.15, -0.1) is 12.4 Å². The Balaban J connectivity index is 0.00000320. The van der Waals surface area contributed by atoms with E-state index >= 15 is 0 Å². The number of fused-ring (bicyclic) bond motifs is 1. The van der Waals surface area contributed by atoms with Crippen LogP contribution >= 0.6 is 12.4 Å². The molecule has 0 spiro atoms. The lowest BCUT2D eigenvalue weighted by Crippen LogP contribution is -2.32. The van der Waals surface area contributed by atoms with E-state index in [0.717, 1.165) is 11.3 Å². The Kier molecular flexibility index (Phi) is 8.50. The second-order valence-corrected chi connectivity index (χ2v) is 9.74. The van der Waals surface area contributed by atoms with Gasteiger partial charge >= 0.3 is 0 Å². The first-order valence-electron chi connectivity index (χ1n) is 12.7. The summed E-state index contributed by atoms with van der Waals surface area (Å²) in [5.74, 6) is 0. The van der Waals surface area contributed by atoms with Crippen molar-refractivity contribution in [2.45, 2.75) is 39.5 Å². The van der Waals surface area contributed by atoms with E-state index in [0.29, 0.717) is 13.1 Å². The molecule has 2 unspecified atom stereocenters. The topological polar surface area (TPSA) is 37.2 Å². The third kappa shape index (κ3) is 5.65. The molecule has 0 fully saturated rings. The van der Waals surface area contributed by atoms with Gasteiger partial charge in [-0.2, -0.15) is 0 Å². The predicted molar refractivity (Wildman–Crippen MR) is 158 cm³/mol. The van der Waals surface area contributed by atoms with Gasteiger partial charge in [0, 0.05) is 23.5 Å². The number of aliphatic hydroxyl groups is 1. The quantitative estimate of drug-likeness (QED) is 0.224. The van der Waals surface area contributed by atoms with Crippen LogP contribution in [0.2, 0.25) is 0 Å². The second-order valence-electron chi connectivity index (χ2n) is 9.74. The van der Waals surface area contributed by atoms with E-state index in [1.807, 2.05) is 6.07 Å². The summed E-state index contributed by atoms with van der Waals surface area (Å²) in [5, 5.41) is 16.0. The van der Waals surface area contributed by atoms with Crippen molar-refractivity contribution in [1.29, 1.82) is 0 Å². The molecule has 4 heteroatoms. The normalized spacial score (nSPS) is 12.8. The van der Waals surface area contributed by atoms with E-state index < -0.39 is 6.10 Å². The summed E-state index contributed by atoms with van der Waals surface area (Å²) < 4.78 is 2.33. The van der Waals surface area contributed by atoms with Gasteiger partial charge < -0.3 is 15.0 Å². The average Bonchev–Trinajstić information content (AvgIpc) is 3.22. The third-order valence-corrected chi connectivity index (χ3v) is 6.95. The minimum atomic E-state index is -0.543. The highest BCUT2D eigenvalue weighted by Gasteiger charge is 2.23. The molecule has 0 bridgehead atoms. The summed E-state index contributed by atoms with van der Waals surface area (Å²) in [6.07, 6.45) is -0.543. The maximum Gasteiger partial charge on any atom is 0.0843 e. The maximum absolute atomic E-state index is 11.3. The first kappa shape index (κ1) is 26.7. The summed E-state index contributed by atoms with van der Waals surface area (Å²) in [6, 6.07) is 36.3. The molecule has 37 heavy (non-hydrogen) atoms. The molecule has 1 aromatic heterocycles. The SMILES string of the molecule is Cc1cc(C)c2c(c1)c(-c1ccccc1)c(-c1ccccc1)n2CC(O)CNC(C)c1ccccc1.Cl. The van der Waals surface area contributed by atoms with Crippen molar-refractivity contribution >= 4 is 23.3 Å². The lowest BCUT2D eigenvalue weighted by molar-refractivity contribution is 0.150. The number of aryl methyl sites for hydroxylation is 2. The van der Waals surface area contributed by atoms with Crippen molar-refractivity contribution in [3.8, 4) is 22.4 Å². The Morgan fingerprint density at radius 2 is 1.35 bits per heavy atom. The first-order chi connectivity index (χ1) is 17.5. The molecule has 4 aromatic carbocycles. The Morgan fingerprint density at radius 3 is 1.97 bits per heavy atom. The molecule has 0 radical (unpaired) electrons. The van der Waals surface area contributed by atoms with E-state index in [2.05, 4.69) is 128 Å². The molecule has 0 aliphatic rings. The smallest absolute Gasteiger partial charge is 0.0843 e. The molecular formula is C33H35ClN2O. The fourth-order valence-electron chi connectivity index (χ4n) is 5.31. The van der Waals surface area contributed by atoms with Crippen LogP contribution in [-0.2, 0) is 6.54 Å². The van der Waals surface area contributed by atoms with Crippen molar-refractivity contribution in [2.24, 2.45) is 0 Å². The molecule has 0 aliphatic carbocycles. The number of hydrogen-bond acceptors (Lipinski definition) is 2. The van der Waals surface area contributed by atoms with Crippen molar-refractivity contribution in [3.63, 3.8) is 0 Å². The van der Waals surface area contributed by atoms with Crippen LogP contribution in [0.15, 0.2) is 103 Å². The molecule has 190 valence electrons. The fraction of sp³-hybridized carbons (Fsp3) is 0.212. The molecule has 0 saturated heterocycles. The number of hydrogen-bond donors (Lipinski definition) is 2. The maximum atomic E-state index is 11.3. The second kappa shape index (κ2) is 11.8. The predicted octanol–water partition coefficient (Wildman–Crippen LogP) is 7.73. The van der Waals surface area contributed by atoms with E-state index in [1.54, 1.807) is 0 Å². The van der Waals surface area contributed by atoms with Crippen LogP contribution in [0.25, 0.3) is 33.3 Å². The zero-order valence-electron chi connectivity index (χ0n) is 21.7. The molecular weight excluding hydrogens is 476 g/mol. The van der Waals surface area contributed by atoms with Crippen molar-refractivity contribution in [1.82, 2.24) is 9.88 Å². The molecule has 5 rings (SSSR count). The number of rotatable bonds is 8. The minimum Gasteiger partial charge on any atom is -0.390 e. The van der Waals surface area contributed by atoms with Crippen LogP contribution in [0.3, 0.4) is 0 Å². The van der Waals surface area contributed by atoms with Gasteiger partial charge in [-0.1, -0.05) is 103 Å². The van der Waals surface area contributed by atoms with Gasteiger partial charge in [0.25, 0.3) is 0 Å². The lowest BCUT2D eigenvalue weighted by atomic mass is 9.97. The molecule has 0 aliphatic heterocycles. The standard InChI is InChI=1S/C33H34N2O.ClH/c1-23-19-24(2)32-30(20-23)31(27-15-9-5-10-16-27)33(28-17-11-6-12-18-28)35(32)22-29(36)21-34-25(3)26-13-7-4-8-14-26;/h4-20,25,29,34,36H,21-22H2,1-3H3;1H. The Hall–Kier alpha value is -3.37. The van der Waals surface area contributed by atoms with Crippen LogP contribution in [0.1, 0.15) is 29.7 Å². The van der Waals surface area contributed by atoms with Crippen LogP contribution < -0.4 is 5.32 Å². The highest BCUT2D eigenvalue weighted by molar-refractivity contribution is 6.06. The number of aromatic nitrogens is 1. The zero-order valence-corrected chi connectivity index (χ0v) is 22.5. The zero-order chi connectivity index (χ0) is 25.1. The minimum absolute atomic E-state index is 0. The lowest BCUT2D eigenvalue weighted by Gasteiger charge is -2.20. The summed E-state index contributed by atoms with van der Waals surface area (Å²) >= 11 is 0. The summed E-state index contributed by atoms with van der Waals surface area (Å²) in [5.41, 5.74) is 9.60. The average molecular weight is 511 g/mol. The largest absolute Gasteiger partial charge is 0.390 e.